The van der Waals surface area contributed by atoms with Crippen LogP contribution in [0.25, 0.3) is 0 Å². The van der Waals surface area contributed by atoms with E-state index in [2.05, 4.69) is 13.0 Å². The lowest BCUT2D eigenvalue weighted by Crippen LogP contribution is -2.73. The number of para-hydroxylation sites is 1. The largest absolute Gasteiger partial charge is 0.633 e. The van der Waals surface area contributed by atoms with Crippen molar-refractivity contribution in [3.8, 4) is 0 Å². The Labute approximate surface area is 164 Å². The number of methoxy groups -OCH3 is 1. The van der Waals surface area contributed by atoms with E-state index in [0.717, 1.165) is 30.5 Å². The van der Waals surface area contributed by atoms with E-state index in [1.54, 1.807) is 0 Å². The quantitative estimate of drug-likeness (QED) is 0.334. The highest BCUT2D eigenvalue weighted by atomic mass is 35.5. The van der Waals surface area contributed by atoms with Crippen molar-refractivity contribution in [1.82, 2.24) is 0 Å². The number of carbonyl (C=O) groups excluding carboxylic acids is 1. The van der Waals surface area contributed by atoms with Crippen molar-refractivity contribution in [1.29, 1.82) is 0 Å². The van der Waals surface area contributed by atoms with Crippen molar-refractivity contribution < 1.29 is 14.2 Å². The van der Waals surface area contributed by atoms with Gasteiger partial charge in [-0.3, -0.25) is 4.99 Å². The van der Waals surface area contributed by atoms with Crippen molar-refractivity contribution in [2.75, 3.05) is 20.2 Å². The predicted molar refractivity (Wildman–Crippen MR) is 104 cm³/mol. The lowest BCUT2D eigenvalue weighted by atomic mass is 9.50. The van der Waals surface area contributed by atoms with Crippen LogP contribution in [0.3, 0.4) is 0 Å². The number of nitrogens with zero attached hydrogens (tertiary/aromatic N) is 2. The fourth-order valence-electron chi connectivity index (χ4n) is 6.98. The van der Waals surface area contributed by atoms with Gasteiger partial charge in [0.2, 0.25) is 0 Å². The third-order valence-corrected chi connectivity index (χ3v) is 8.30. The van der Waals surface area contributed by atoms with Crippen LogP contribution in [0.2, 0.25) is 0 Å². The second kappa shape index (κ2) is 5.34. The fraction of sp³-hybridized carbons (Fsp3) is 0.619. The first-order valence-electron chi connectivity index (χ1n) is 9.91. The van der Waals surface area contributed by atoms with Gasteiger partial charge < -0.3 is 14.6 Å². The number of hydrogen-bond donors (Lipinski definition) is 0. The first kappa shape index (κ1) is 17.7. The Hall–Kier alpha value is -1.43. The van der Waals surface area contributed by atoms with Crippen molar-refractivity contribution in [3.63, 3.8) is 0 Å². The predicted octanol–water partition coefficient (Wildman–Crippen LogP) is 3.84. The molecule has 0 amide bonds. The average molecular weight is 389 g/mol. The van der Waals surface area contributed by atoms with Gasteiger partial charge in [-0.05, 0) is 37.3 Å². The van der Waals surface area contributed by atoms with E-state index in [0.29, 0.717) is 31.6 Å². The number of benzene rings is 1. The SMILES string of the molecule is CC[C@]12CCC[N+]3([O-])CC[C@]4(C(=Nc5ccccc54)[C@@](Cl)(C(=O)OC)C1)[C@H]23. The average Bonchev–Trinajstić information content (AvgIpc) is 3.18. The number of hydroxylamine groups is 3. The first-order chi connectivity index (χ1) is 12.9. The van der Waals surface area contributed by atoms with Crippen LogP contribution in [-0.2, 0) is 14.9 Å². The molecule has 1 saturated carbocycles. The maximum absolute atomic E-state index is 14.0. The van der Waals surface area contributed by atoms with E-state index in [1.165, 1.54) is 7.11 Å². The third kappa shape index (κ3) is 1.88. The normalized spacial score (nSPS) is 44.1. The van der Waals surface area contributed by atoms with Gasteiger partial charge in [-0.2, -0.15) is 0 Å². The van der Waals surface area contributed by atoms with Gasteiger partial charge in [-0.25, -0.2) is 4.79 Å². The molecule has 3 fully saturated rings. The Bertz CT molecular complexity index is 873. The summed E-state index contributed by atoms with van der Waals surface area (Å²) in [6, 6.07) is 7.88. The standard InChI is InChI=1S/C21H25ClN2O3/c1-3-19-9-6-11-24(26)12-10-20(17(19)24)14-7-4-5-8-15(14)23-16(20)21(22,13-19)18(25)27-2/h4-5,7-8,17H,3,6,9-13H2,1-2H3/t17-,19-,20-,21+,24?/m0/s1. The smallest absolute Gasteiger partial charge is 0.332 e. The van der Waals surface area contributed by atoms with Crippen molar-refractivity contribution in [2.24, 2.45) is 10.4 Å². The molecule has 27 heavy (non-hydrogen) atoms. The number of esters is 1. The Morgan fingerprint density at radius 1 is 1.37 bits per heavy atom. The molecule has 1 spiro atoms. The van der Waals surface area contributed by atoms with Gasteiger partial charge in [-0.15, -0.1) is 0 Å². The van der Waals surface area contributed by atoms with E-state index in [1.807, 2.05) is 18.2 Å². The third-order valence-electron chi connectivity index (χ3n) is 7.84. The summed E-state index contributed by atoms with van der Waals surface area (Å²) < 4.78 is 4.99. The second-order valence-corrected chi connectivity index (χ2v) is 9.44. The van der Waals surface area contributed by atoms with E-state index in [-0.39, 0.29) is 16.1 Å². The molecule has 1 aromatic carbocycles. The molecule has 3 aliphatic heterocycles. The van der Waals surface area contributed by atoms with Crippen molar-refractivity contribution in [2.45, 2.75) is 55.4 Å². The summed E-state index contributed by atoms with van der Waals surface area (Å²) in [5, 5.41) is 14.0. The summed E-state index contributed by atoms with van der Waals surface area (Å²) in [6.07, 6.45) is 3.78. The molecule has 0 bridgehead atoms. The Kier molecular flexibility index (Phi) is 3.49. The van der Waals surface area contributed by atoms with E-state index in [4.69, 9.17) is 21.3 Å². The number of hydrogen-bond acceptors (Lipinski definition) is 4. The van der Waals surface area contributed by atoms with Crippen LogP contribution in [0.1, 0.15) is 44.6 Å². The highest BCUT2D eigenvalue weighted by Gasteiger charge is 2.76. The summed E-state index contributed by atoms with van der Waals surface area (Å²) in [6.45, 7) is 3.35. The van der Waals surface area contributed by atoms with Gasteiger partial charge in [-0.1, -0.05) is 36.7 Å². The van der Waals surface area contributed by atoms with Crippen LogP contribution < -0.4 is 0 Å². The molecule has 6 heteroatoms. The van der Waals surface area contributed by atoms with Gasteiger partial charge in [0.25, 0.3) is 0 Å². The van der Waals surface area contributed by atoms with Crippen LogP contribution in [-0.4, -0.2) is 47.4 Å². The molecule has 3 heterocycles. The molecule has 2 saturated heterocycles. The highest BCUT2D eigenvalue weighted by molar-refractivity contribution is 6.49. The molecule has 4 aliphatic rings. The minimum atomic E-state index is -1.30. The Morgan fingerprint density at radius 3 is 2.89 bits per heavy atom. The summed E-state index contributed by atoms with van der Waals surface area (Å²) >= 11 is 7.12. The first-order valence-corrected chi connectivity index (χ1v) is 10.3. The lowest BCUT2D eigenvalue weighted by molar-refractivity contribution is -0.909. The van der Waals surface area contributed by atoms with Gasteiger partial charge >= 0.3 is 5.97 Å². The molecular weight excluding hydrogens is 364 g/mol. The molecular formula is C21H25ClN2O3. The minimum Gasteiger partial charge on any atom is -0.633 e. The zero-order valence-corrected chi connectivity index (χ0v) is 16.6. The zero-order chi connectivity index (χ0) is 19.1. The van der Waals surface area contributed by atoms with Crippen molar-refractivity contribution in [3.05, 3.63) is 35.0 Å². The molecule has 1 aromatic rings. The zero-order valence-electron chi connectivity index (χ0n) is 15.8. The van der Waals surface area contributed by atoms with Gasteiger partial charge in [0.1, 0.15) is 6.04 Å². The number of ether oxygens (including phenoxy) is 1. The number of fused-ring (bicyclic) bond motifs is 1. The molecule has 144 valence electrons. The van der Waals surface area contributed by atoms with Crippen molar-refractivity contribution >= 4 is 29.0 Å². The maximum Gasteiger partial charge on any atom is 0.332 e. The molecule has 1 unspecified atom stereocenters. The number of halogens is 1. The van der Waals surface area contributed by atoms with Crippen LogP contribution in [0, 0.1) is 10.6 Å². The van der Waals surface area contributed by atoms with Crippen LogP contribution in [0.4, 0.5) is 5.69 Å². The molecule has 5 nitrogen and oxygen atoms in total. The Morgan fingerprint density at radius 2 is 2.15 bits per heavy atom. The van der Waals surface area contributed by atoms with Gasteiger partial charge in [0.15, 0.2) is 4.87 Å². The molecule has 1 aliphatic carbocycles. The van der Waals surface area contributed by atoms with E-state index in [9.17, 15) is 10.0 Å². The molecule has 5 atom stereocenters. The van der Waals surface area contributed by atoms with E-state index >= 15 is 0 Å². The topological polar surface area (TPSA) is 61.7 Å². The second-order valence-electron chi connectivity index (χ2n) is 8.79. The number of rotatable bonds is 2. The molecule has 5 rings (SSSR count). The fourth-order valence-corrected chi connectivity index (χ4v) is 7.53. The monoisotopic (exact) mass is 388 g/mol. The molecule has 0 radical (unpaired) electrons. The number of aliphatic imine (C=N–C) groups is 1. The van der Waals surface area contributed by atoms with E-state index < -0.39 is 16.3 Å². The molecule has 0 N–H and O–H groups in total. The minimum absolute atomic E-state index is 0.123. The number of alkyl halides is 1. The summed E-state index contributed by atoms with van der Waals surface area (Å²) in [5.74, 6) is -0.442. The van der Waals surface area contributed by atoms with Crippen LogP contribution >= 0.6 is 11.6 Å². The number of carbonyl (C=O) groups is 1. The van der Waals surface area contributed by atoms with Gasteiger partial charge in [0.05, 0.1) is 37.0 Å². The maximum atomic E-state index is 14.0. The summed E-state index contributed by atoms with van der Waals surface area (Å²) in [7, 11) is 1.38. The summed E-state index contributed by atoms with van der Waals surface area (Å²) in [4.78, 5) is 16.5. The van der Waals surface area contributed by atoms with Crippen LogP contribution in [0.5, 0.6) is 0 Å². The number of quaternary nitrogens is 1. The van der Waals surface area contributed by atoms with Crippen LogP contribution in [0.15, 0.2) is 29.3 Å². The highest BCUT2D eigenvalue weighted by Crippen LogP contribution is 2.67. The molecule has 0 aromatic heterocycles. The summed E-state index contributed by atoms with van der Waals surface area (Å²) in [5.41, 5.74) is 1.77. The Balaban J connectivity index is 1.84. The van der Waals surface area contributed by atoms with Gasteiger partial charge in [0, 0.05) is 11.8 Å². The lowest BCUT2D eigenvalue weighted by Gasteiger charge is -2.63. The number of piperidine rings is 1.